The average Bonchev–Trinajstić information content (AvgIpc) is 2.46. The lowest BCUT2D eigenvalue weighted by Crippen LogP contribution is -1.98. The minimum Gasteiger partial charge on any atom is -0.497 e. The molecule has 0 heterocycles. The number of methoxy groups -OCH3 is 2. The molecule has 2 aromatic rings. The number of rotatable bonds is 4. The Morgan fingerprint density at radius 1 is 0.950 bits per heavy atom. The van der Waals surface area contributed by atoms with Gasteiger partial charge in [0, 0.05) is 15.6 Å². The van der Waals surface area contributed by atoms with Crippen molar-refractivity contribution >= 4 is 39.1 Å². The Hall–Kier alpha value is -0.900. The van der Waals surface area contributed by atoms with Crippen LogP contribution in [-0.4, -0.2) is 14.2 Å². The Labute approximate surface area is 136 Å². The molecule has 0 fully saturated rings. The fourth-order valence-corrected chi connectivity index (χ4v) is 3.25. The van der Waals surface area contributed by atoms with Gasteiger partial charge in [0.15, 0.2) is 0 Å². The first-order valence-corrected chi connectivity index (χ1v) is 7.55. The van der Waals surface area contributed by atoms with Crippen LogP contribution < -0.4 is 9.47 Å². The van der Waals surface area contributed by atoms with Gasteiger partial charge in [0.05, 0.1) is 19.0 Å². The van der Waals surface area contributed by atoms with Crippen LogP contribution in [0.15, 0.2) is 36.4 Å². The van der Waals surface area contributed by atoms with Crippen molar-refractivity contribution < 1.29 is 9.47 Å². The van der Waals surface area contributed by atoms with Crippen molar-refractivity contribution in [3.8, 4) is 11.5 Å². The second-order valence-electron chi connectivity index (χ2n) is 4.14. The van der Waals surface area contributed by atoms with Crippen LogP contribution in [0.4, 0.5) is 0 Å². The first-order valence-electron chi connectivity index (χ1n) is 5.87. The lowest BCUT2D eigenvalue weighted by atomic mass is 10.0. The van der Waals surface area contributed by atoms with Crippen LogP contribution in [0.25, 0.3) is 0 Å². The van der Waals surface area contributed by atoms with E-state index in [1.165, 1.54) is 0 Å². The van der Waals surface area contributed by atoms with Gasteiger partial charge in [-0.15, -0.1) is 0 Å². The van der Waals surface area contributed by atoms with Crippen molar-refractivity contribution in [2.24, 2.45) is 0 Å². The third-order valence-electron chi connectivity index (χ3n) is 2.95. The molecule has 106 valence electrons. The van der Waals surface area contributed by atoms with Crippen LogP contribution in [0.2, 0.25) is 10.0 Å². The molecule has 20 heavy (non-hydrogen) atoms. The van der Waals surface area contributed by atoms with Crippen molar-refractivity contribution in [3.63, 3.8) is 0 Å². The highest BCUT2D eigenvalue weighted by molar-refractivity contribution is 9.09. The molecule has 2 nitrogen and oxygen atoms in total. The van der Waals surface area contributed by atoms with E-state index in [0.717, 1.165) is 16.9 Å². The van der Waals surface area contributed by atoms with Gasteiger partial charge in [0.2, 0.25) is 0 Å². The van der Waals surface area contributed by atoms with Crippen LogP contribution in [-0.2, 0) is 0 Å². The molecule has 0 N–H and O–H groups in total. The van der Waals surface area contributed by atoms with Gasteiger partial charge in [0.1, 0.15) is 11.5 Å². The van der Waals surface area contributed by atoms with E-state index in [4.69, 9.17) is 32.7 Å². The molecule has 0 amide bonds. The summed E-state index contributed by atoms with van der Waals surface area (Å²) in [5.41, 5.74) is 1.90. The summed E-state index contributed by atoms with van der Waals surface area (Å²) >= 11 is 15.9. The standard InChI is InChI=1S/C15H13BrCl2O2/c1-19-10-4-6-11(13(18)8-10)15(16)12-5-3-9(17)7-14(12)20-2/h3-8,15H,1-2H3. The zero-order valence-electron chi connectivity index (χ0n) is 11.0. The summed E-state index contributed by atoms with van der Waals surface area (Å²) in [7, 11) is 3.23. The van der Waals surface area contributed by atoms with Crippen LogP contribution in [0.5, 0.6) is 11.5 Å². The van der Waals surface area contributed by atoms with Gasteiger partial charge in [0.25, 0.3) is 0 Å². The lowest BCUT2D eigenvalue weighted by molar-refractivity contribution is 0.410. The molecule has 5 heteroatoms. The van der Waals surface area contributed by atoms with E-state index >= 15 is 0 Å². The average molecular weight is 376 g/mol. The van der Waals surface area contributed by atoms with Crippen molar-refractivity contribution in [3.05, 3.63) is 57.6 Å². The van der Waals surface area contributed by atoms with Gasteiger partial charge in [-0.25, -0.2) is 0 Å². The Morgan fingerprint density at radius 2 is 1.65 bits per heavy atom. The molecule has 0 saturated heterocycles. The molecule has 0 aliphatic rings. The Morgan fingerprint density at radius 3 is 2.25 bits per heavy atom. The van der Waals surface area contributed by atoms with E-state index < -0.39 is 0 Å². The predicted octanol–water partition coefficient (Wildman–Crippen LogP) is 5.49. The number of alkyl halides is 1. The molecule has 0 bridgehead atoms. The first kappa shape index (κ1) is 15.5. The number of ether oxygens (including phenoxy) is 2. The predicted molar refractivity (Wildman–Crippen MR) is 86.8 cm³/mol. The summed E-state index contributed by atoms with van der Waals surface area (Å²) < 4.78 is 10.5. The minimum atomic E-state index is -0.0897. The molecule has 1 unspecified atom stereocenters. The SMILES string of the molecule is COc1ccc(C(Br)c2ccc(Cl)cc2OC)c(Cl)c1. The summed E-state index contributed by atoms with van der Waals surface area (Å²) in [4.78, 5) is -0.0897. The quantitative estimate of drug-likeness (QED) is 0.657. The highest BCUT2D eigenvalue weighted by Gasteiger charge is 2.18. The van der Waals surface area contributed by atoms with E-state index in [2.05, 4.69) is 15.9 Å². The maximum atomic E-state index is 6.30. The van der Waals surface area contributed by atoms with Gasteiger partial charge >= 0.3 is 0 Å². The fourth-order valence-electron chi connectivity index (χ4n) is 1.90. The molecular formula is C15H13BrCl2O2. The number of hydrogen-bond donors (Lipinski definition) is 0. The van der Waals surface area contributed by atoms with E-state index in [1.54, 1.807) is 26.4 Å². The largest absolute Gasteiger partial charge is 0.497 e. The molecule has 0 radical (unpaired) electrons. The topological polar surface area (TPSA) is 18.5 Å². The molecule has 2 rings (SSSR count). The van der Waals surface area contributed by atoms with E-state index in [9.17, 15) is 0 Å². The molecule has 0 aliphatic heterocycles. The summed E-state index contributed by atoms with van der Waals surface area (Å²) in [6, 6.07) is 11.1. The second-order valence-corrected chi connectivity index (χ2v) is 5.90. The number of benzene rings is 2. The number of halogens is 3. The maximum absolute atomic E-state index is 6.30. The van der Waals surface area contributed by atoms with E-state index in [0.29, 0.717) is 15.8 Å². The van der Waals surface area contributed by atoms with Crippen LogP contribution in [0.1, 0.15) is 16.0 Å². The van der Waals surface area contributed by atoms with Crippen LogP contribution >= 0.6 is 39.1 Å². The summed E-state index contributed by atoms with van der Waals surface area (Å²) in [6.45, 7) is 0. The van der Waals surface area contributed by atoms with Crippen molar-refractivity contribution in [1.29, 1.82) is 0 Å². The maximum Gasteiger partial charge on any atom is 0.125 e. The van der Waals surface area contributed by atoms with Gasteiger partial charge in [-0.1, -0.05) is 51.3 Å². The molecule has 0 saturated carbocycles. The highest BCUT2D eigenvalue weighted by Crippen LogP contribution is 2.41. The highest BCUT2D eigenvalue weighted by atomic mass is 79.9. The van der Waals surface area contributed by atoms with Gasteiger partial charge < -0.3 is 9.47 Å². The smallest absolute Gasteiger partial charge is 0.125 e. The van der Waals surface area contributed by atoms with Crippen molar-refractivity contribution in [2.45, 2.75) is 4.83 Å². The summed E-state index contributed by atoms with van der Waals surface area (Å²) in [5.74, 6) is 1.44. The van der Waals surface area contributed by atoms with Gasteiger partial charge in [-0.3, -0.25) is 0 Å². The fraction of sp³-hybridized carbons (Fsp3) is 0.200. The molecule has 2 aromatic carbocycles. The lowest BCUT2D eigenvalue weighted by Gasteiger charge is -2.16. The minimum absolute atomic E-state index is 0.0897. The molecule has 0 spiro atoms. The molecule has 1 atom stereocenters. The van der Waals surface area contributed by atoms with Crippen molar-refractivity contribution in [2.75, 3.05) is 14.2 Å². The van der Waals surface area contributed by atoms with Crippen LogP contribution in [0.3, 0.4) is 0 Å². The van der Waals surface area contributed by atoms with Gasteiger partial charge in [-0.05, 0) is 29.8 Å². The Bertz CT molecular complexity index is 617. The molecular weight excluding hydrogens is 363 g/mol. The molecule has 0 aliphatic carbocycles. The van der Waals surface area contributed by atoms with Crippen molar-refractivity contribution in [1.82, 2.24) is 0 Å². The third kappa shape index (κ3) is 3.22. The van der Waals surface area contributed by atoms with Crippen LogP contribution in [0, 0.1) is 0 Å². The zero-order valence-corrected chi connectivity index (χ0v) is 14.1. The summed E-state index contributed by atoms with van der Waals surface area (Å²) in [5, 5.41) is 1.26. The molecule has 0 aromatic heterocycles. The van der Waals surface area contributed by atoms with Gasteiger partial charge in [-0.2, -0.15) is 0 Å². The Kier molecular flexibility index (Phi) is 5.19. The summed E-state index contributed by atoms with van der Waals surface area (Å²) in [6.07, 6.45) is 0. The monoisotopic (exact) mass is 374 g/mol. The normalized spacial score (nSPS) is 12.1. The zero-order chi connectivity index (χ0) is 14.7. The van der Waals surface area contributed by atoms with E-state index in [-0.39, 0.29) is 4.83 Å². The second kappa shape index (κ2) is 6.70. The number of hydrogen-bond acceptors (Lipinski definition) is 2. The van der Waals surface area contributed by atoms with E-state index in [1.807, 2.05) is 24.3 Å². The first-order chi connectivity index (χ1) is 9.56. The Balaban J connectivity index is 2.43. The third-order valence-corrected chi connectivity index (χ3v) is 4.50.